The molecule has 1 heterocycles. The van der Waals surface area contributed by atoms with Gasteiger partial charge in [0.2, 0.25) is 15.9 Å². The first kappa shape index (κ1) is 23.0. The molecule has 0 bridgehead atoms. The SMILES string of the molecule is CCCS(=O)(=O)Nc1nc2c(s1)C[C@]1(C)CCC([C@H](C)C(=O)NC3CC3)[C@H](O)[C@H]1[C@@H]2C. The molecular weight excluding hydrogens is 434 g/mol. The van der Waals surface area contributed by atoms with Gasteiger partial charge in [-0.3, -0.25) is 9.52 Å². The number of nitrogens with zero attached hydrogens (tertiary/aromatic N) is 1. The Kier molecular flexibility index (Phi) is 6.15. The smallest absolute Gasteiger partial charge is 0.234 e. The van der Waals surface area contributed by atoms with E-state index in [-0.39, 0.29) is 40.7 Å². The highest BCUT2D eigenvalue weighted by Crippen LogP contribution is 2.57. The van der Waals surface area contributed by atoms with Crippen molar-refractivity contribution >= 4 is 32.4 Å². The topological polar surface area (TPSA) is 108 Å². The third-order valence-corrected chi connectivity index (χ3v) is 10.2. The number of amides is 1. The Balaban J connectivity index is 1.55. The van der Waals surface area contributed by atoms with E-state index in [1.165, 1.54) is 11.3 Å². The van der Waals surface area contributed by atoms with E-state index >= 15 is 0 Å². The van der Waals surface area contributed by atoms with E-state index in [0.717, 1.165) is 42.7 Å². The minimum absolute atomic E-state index is 0.00266. The molecule has 0 aliphatic heterocycles. The van der Waals surface area contributed by atoms with Gasteiger partial charge in [-0.1, -0.05) is 27.7 Å². The van der Waals surface area contributed by atoms with Crippen LogP contribution in [0.1, 0.15) is 76.3 Å². The summed E-state index contributed by atoms with van der Waals surface area (Å²) in [7, 11) is -3.38. The number of sulfonamides is 1. The average Bonchev–Trinajstić information content (AvgIpc) is 3.39. The van der Waals surface area contributed by atoms with Gasteiger partial charge in [-0.25, -0.2) is 13.4 Å². The summed E-state index contributed by atoms with van der Waals surface area (Å²) >= 11 is 1.43. The standard InChI is InChI=1S/C22H35N3O4S2/c1-5-10-31(28,29)25-21-24-18-13(3)17-19(26)15(12(2)20(27)23-14-6-7-14)8-9-22(17,4)11-16(18)30-21/h12-15,17,19,26H,5-11H2,1-4H3,(H,23,27)(H,24,25)/t12-,13-,15?,17+,19-,22-/m0/s1. The second-order valence-corrected chi connectivity index (χ2v) is 13.1. The van der Waals surface area contributed by atoms with Crippen LogP contribution in [0.4, 0.5) is 5.13 Å². The molecule has 3 aliphatic rings. The molecule has 0 spiro atoms. The monoisotopic (exact) mass is 469 g/mol. The molecule has 7 nitrogen and oxygen atoms in total. The molecule has 0 radical (unpaired) electrons. The second kappa shape index (κ2) is 8.30. The molecule has 1 unspecified atom stereocenters. The summed E-state index contributed by atoms with van der Waals surface area (Å²) < 4.78 is 27.0. The van der Waals surface area contributed by atoms with Crippen molar-refractivity contribution in [2.75, 3.05) is 10.5 Å². The molecule has 31 heavy (non-hydrogen) atoms. The number of anilines is 1. The highest BCUT2D eigenvalue weighted by Gasteiger charge is 2.54. The van der Waals surface area contributed by atoms with Gasteiger partial charge in [-0.2, -0.15) is 0 Å². The van der Waals surface area contributed by atoms with Gasteiger partial charge in [0.05, 0.1) is 17.6 Å². The summed E-state index contributed by atoms with van der Waals surface area (Å²) in [6.45, 7) is 8.09. The maximum Gasteiger partial charge on any atom is 0.234 e. The third-order valence-electron chi connectivity index (χ3n) is 7.62. The summed E-state index contributed by atoms with van der Waals surface area (Å²) in [5.74, 6) is -0.153. The van der Waals surface area contributed by atoms with Gasteiger partial charge in [0, 0.05) is 22.8 Å². The fourth-order valence-corrected chi connectivity index (χ4v) is 8.41. The van der Waals surface area contributed by atoms with Gasteiger partial charge in [0.15, 0.2) is 5.13 Å². The van der Waals surface area contributed by atoms with Crippen molar-refractivity contribution in [2.24, 2.45) is 23.2 Å². The quantitative estimate of drug-likeness (QED) is 0.568. The van der Waals surface area contributed by atoms with E-state index in [9.17, 15) is 18.3 Å². The fraction of sp³-hybridized carbons (Fsp3) is 0.818. The molecule has 0 saturated heterocycles. The number of hydrogen-bond donors (Lipinski definition) is 3. The van der Waals surface area contributed by atoms with E-state index in [1.807, 2.05) is 13.8 Å². The van der Waals surface area contributed by atoms with Crippen LogP contribution in [-0.2, 0) is 21.2 Å². The molecule has 6 atom stereocenters. The lowest BCUT2D eigenvalue weighted by molar-refractivity contribution is -0.134. The van der Waals surface area contributed by atoms with Crippen molar-refractivity contribution in [2.45, 2.75) is 84.3 Å². The Hall–Kier alpha value is -1.19. The Labute approximate surface area is 189 Å². The highest BCUT2D eigenvalue weighted by atomic mass is 32.2. The Morgan fingerprint density at radius 1 is 1.35 bits per heavy atom. The van der Waals surface area contributed by atoms with E-state index in [2.05, 4.69) is 28.9 Å². The number of aromatic nitrogens is 1. The van der Waals surface area contributed by atoms with Crippen LogP contribution in [0.15, 0.2) is 0 Å². The summed E-state index contributed by atoms with van der Waals surface area (Å²) in [6.07, 6.45) is 4.64. The second-order valence-electron chi connectivity index (χ2n) is 10.2. The van der Waals surface area contributed by atoms with Crippen LogP contribution in [0.5, 0.6) is 0 Å². The Bertz CT molecular complexity index is 943. The molecule has 174 valence electrons. The largest absolute Gasteiger partial charge is 0.392 e. The molecular formula is C22H35N3O4S2. The Morgan fingerprint density at radius 3 is 2.71 bits per heavy atom. The maximum atomic E-state index is 12.6. The number of aliphatic hydroxyl groups is 1. The summed E-state index contributed by atoms with van der Waals surface area (Å²) in [6, 6.07) is 0.321. The number of nitrogens with one attached hydrogen (secondary N) is 2. The highest BCUT2D eigenvalue weighted by molar-refractivity contribution is 7.92. The van der Waals surface area contributed by atoms with Crippen molar-refractivity contribution in [1.29, 1.82) is 0 Å². The van der Waals surface area contributed by atoms with Gasteiger partial charge >= 0.3 is 0 Å². The predicted octanol–water partition coefficient (Wildman–Crippen LogP) is 3.26. The number of rotatable bonds is 7. The molecule has 3 aliphatic carbocycles. The first-order valence-electron chi connectivity index (χ1n) is 11.5. The maximum absolute atomic E-state index is 12.6. The lowest BCUT2D eigenvalue weighted by Crippen LogP contribution is -2.53. The molecule has 1 aromatic heterocycles. The molecule has 3 N–H and O–H groups in total. The zero-order valence-electron chi connectivity index (χ0n) is 18.8. The van der Waals surface area contributed by atoms with Crippen LogP contribution in [0, 0.1) is 23.2 Å². The molecule has 1 amide bonds. The van der Waals surface area contributed by atoms with E-state index in [4.69, 9.17) is 0 Å². The van der Waals surface area contributed by atoms with Gasteiger partial charge in [0.25, 0.3) is 0 Å². The molecule has 0 aromatic carbocycles. The van der Waals surface area contributed by atoms with Crippen LogP contribution in [-0.4, -0.2) is 42.3 Å². The zero-order valence-corrected chi connectivity index (χ0v) is 20.5. The summed E-state index contributed by atoms with van der Waals surface area (Å²) in [5.41, 5.74) is 0.817. The van der Waals surface area contributed by atoms with Gasteiger partial charge < -0.3 is 10.4 Å². The molecule has 2 saturated carbocycles. The fourth-order valence-electron chi connectivity index (χ4n) is 5.80. The van der Waals surface area contributed by atoms with Crippen LogP contribution < -0.4 is 10.0 Å². The number of hydrogen-bond acceptors (Lipinski definition) is 6. The Morgan fingerprint density at radius 2 is 2.06 bits per heavy atom. The molecule has 2 fully saturated rings. The number of carbonyl (C=O) groups excluding carboxylic acids is 1. The van der Waals surface area contributed by atoms with Crippen LogP contribution in [0.25, 0.3) is 0 Å². The van der Waals surface area contributed by atoms with E-state index < -0.39 is 16.1 Å². The predicted molar refractivity (Wildman–Crippen MR) is 123 cm³/mol. The summed E-state index contributed by atoms with van der Waals surface area (Å²) in [4.78, 5) is 18.4. The van der Waals surface area contributed by atoms with Gasteiger partial charge in [0.1, 0.15) is 0 Å². The van der Waals surface area contributed by atoms with Crippen molar-refractivity contribution in [3.05, 3.63) is 10.6 Å². The van der Waals surface area contributed by atoms with E-state index in [1.54, 1.807) is 0 Å². The van der Waals surface area contributed by atoms with Crippen LogP contribution in [0.3, 0.4) is 0 Å². The molecule has 1 aromatic rings. The van der Waals surface area contributed by atoms with Gasteiger partial charge in [-0.05, 0) is 55.8 Å². The summed E-state index contributed by atoms with van der Waals surface area (Å²) in [5, 5.41) is 15.0. The number of aliphatic hydroxyl groups excluding tert-OH is 1. The number of fused-ring (bicyclic) bond motifs is 2. The average molecular weight is 470 g/mol. The van der Waals surface area contributed by atoms with Crippen molar-refractivity contribution in [1.82, 2.24) is 10.3 Å². The van der Waals surface area contributed by atoms with Crippen LogP contribution >= 0.6 is 11.3 Å². The van der Waals surface area contributed by atoms with Crippen molar-refractivity contribution in [3.8, 4) is 0 Å². The van der Waals surface area contributed by atoms with E-state index in [0.29, 0.717) is 17.6 Å². The first-order valence-corrected chi connectivity index (χ1v) is 14.0. The normalized spacial score (nSPS) is 33.8. The minimum Gasteiger partial charge on any atom is -0.392 e. The lowest BCUT2D eigenvalue weighted by atomic mass is 9.53. The van der Waals surface area contributed by atoms with Crippen LogP contribution in [0.2, 0.25) is 0 Å². The zero-order chi connectivity index (χ0) is 22.6. The number of carbonyl (C=O) groups is 1. The number of thiazole rings is 1. The molecule has 9 heteroatoms. The first-order chi connectivity index (χ1) is 14.5. The minimum atomic E-state index is -3.38. The van der Waals surface area contributed by atoms with Gasteiger partial charge in [-0.15, -0.1) is 11.3 Å². The van der Waals surface area contributed by atoms with Crippen molar-refractivity contribution in [3.63, 3.8) is 0 Å². The molecule has 4 rings (SSSR count). The van der Waals surface area contributed by atoms with Crippen molar-refractivity contribution < 1.29 is 18.3 Å². The lowest BCUT2D eigenvalue weighted by Gasteiger charge is -2.53. The third kappa shape index (κ3) is 4.50.